The number of aryl methyl sites for hydroxylation is 2. The molecule has 1 aromatic heterocycles. The first kappa shape index (κ1) is 20.2. The van der Waals surface area contributed by atoms with Crippen molar-refractivity contribution in [3.05, 3.63) is 75.0 Å². The zero-order chi connectivity index (χ0) is 20.1. The Kier molecular flexibility index (Phi) is 6.53. The zero-order valence-electron chi connectivity index (χ0n) is 16.6. The second kappa shape index (κ2) is 9.07. The standard InChI is InChI=1S/C24H26O3S/c1-4-18-5-7-20(8-6-18)22-15-28-14-21(22)13-27-23-11-9-19(10-12-24(25)26)16(2)17(23)3/h5-9,11,14-15H,4,10,12-13H2,1-3H3,(H,25,26). The normalized spacial score (nSPS) is 10.8. The highest BCUT2D eigenvalue weighted by molar-refractivity contribution is 7.08. The Morgan fingerprint density at radius 3 is 2.43 bits per heavy atom. The molecule has 0 bridgehead atoms. The predicted molar refractivity (Wildman–Crippen MR) is 115 cm³/mol. The number of rotatable bonds is 8. The van der Waals surface area contributed by atoms with Gasteiger partial charge in [0.15, 0.2) is 0 Å². The van der Waals surface area contributed by atoms with Crippen LogP contribution in [0, 0.1) is 13.8 Å². The van der Waals surface area contributed by atoms with Gasteiger partial charge >= 0.3 is 5.97 Å². The Morgan fingerprint density at radius 1 is 1.00 bits per heavy atom. The van der Waals surface area contributed by atoms with Gasteiger partial charge in [0, 0.05) is 12.0 Å². The largest absolute Gasteiger partial charge is 0.489 e. The van der Waals surface area contributed by atoms with Crippen LogP contribution < -0.4 is 4.74 Å². The number of aliphatic carboxylic acids is 1. The van der Waals surface area contributed by atoms with E-state index in [1.807, 2.05) is 26.0 Å². The van der Waals surface area contributed by atoms with Gasteiger partial charge in [0.2, 0.25) is 0 Å². The molecule has 0 spiro atoms. The lowest BCUT2D eigenvalue weighted by atomic mass is 9.99. The van der Waals surface area contributed by atoms with Crippen LogP contribution in [0.4, 0.5) is 0 Å². The lowest BCUT2D eigenvalue weighted by Gasteiger charge is -2.15. The van der Waals surface area contributed by atoms with E-state index in [9.17, 15) is 4.79 Å². The summed E-state index contributed by atoms with van der Waals surface area (Å²) in [6, 6.07) is 12.7. The minimum atomic E-state index is -0.769. The molecule has 0 aliphatic carbocycles. The quantitative estimate of drug-likeness (QED) is 0.495. The summed E-state index contributed by atoms with van der Waals surface area (Å²) in [7, 11) is 0. The van der Waals surface area contributed by atoms with Gasteiger partial charge in [-0.1, -0.05) is 37.3 Å². The molecule has 1 N–H and O–H groups in total. The monoisotopic (exact) mass is 394 g/mol. The van der Waals surface area contributed by atoms with Gasteiger partial charge in [-0.3, -0.25) is 4.79 Å². The first-order valence-corrected chi connectivity index (χ1v) is 10.5. The molecule has 1 heterocycles. The third-order valence-corrected chi connectivity index (χ3v) is 6.05. The summed E-state index contributed by atoms with van der Waals surface area (Å²) in [5.74, 6) is 0.0874. The van der Waals surface area contributed by atoms with Gasteiger partial charge in [0.1, 0.15) is 12.4 Å². The molecule has 2 aromatic carbocycles. The molecule has 3 aromatic rings. The van der Waals surface area contributed by atoms with Crippen LogP contribution in [0.25, 0.3) is 11.1 Å². The number of carbonyl (C=O) groups is 1. The molecular formula is C24H26O3S. The molecule has 146 valence electrons. The average Bonchev–Trinajstić information content (AvgIpc) is 3.17. The Hall–Kier alpha value is -2.59. The fraction of sp³-hybridized carbons (Fsp3) is 0.292. The second-order valence-electron chi connectivity index (χ2n) is 7.02. The van der Waals surface area contributed by atoms with E-state index in [2.05, 4.69) is 41.9 Å². The second-order valence-corrected chi connectivity index (χ2v) is 7.76. The maximum atomic E-state index is 10.8. The molecule has 0 amide bonds. The highest BCUT2D eigenvalue weighted by Crippen LogP contribution is 2.31. The van der Waals surface area contributed by atoms with E-state index in [4.69, 9.17) is 9.84 Å². The molecule has 0 radical (unpaired) electrons. The molecule has 0 saturated heterocycles. The van der Waals surface area contributed by atoms with Crippen molar-refractivity contribution < 1.29 is 14.6 Å². The fourth-order valence-electron chi connectivity index (χ4n) is 3.28. The summed E-state index contributed by atoms with van der Waals surface area (Å²) in [4.78, 5) is 10.8. The van der Waals surface area contributed by atoms with Crippen LogP contribution in [0.5, 0.6) is 5.75 Å². The van der Waals surface area contributed by atoms with Crippen LogP contribution >= 0.6 is 11.3 Å². The number of thiophene rings is 1. The Balaban J connectivity index is 1.73. The molecule has 0 saturated carbocycles. The summed E-state index contributed by atoms with van der Waals surface area (Å²) in [6.07, 6.45) is 1.74. The third kappa shape index (κ3) is 4.63. The van der Waals surface area contributed by atoms with Crippen molar-refractivity contribution >= 4 is 17.3 Å². The summed E-state index contributed by atoms with van der Waals surface area (Å²) < 4.78 is 6.14. The molecule has 0 aliphatic heterocycles. The van der Waals surface area contributed by atoms with Crippen molar-refractivity contribution in [1.82, 2.24) is 0 Å². The van der Waals surface area contributed by atoms with Gasteiger partial charge in [-0.2, -0.15) is 11.3 Å². The van der Waals surface area contributed by atoms with Crippen LogP contribution in [0.1, 0.15) is 41.2 Å². The van der Waals surface area contributed by atoms with Gasteiger partial charge in [-0.25, -0.2) is 0 Å². The number of hydrogen-bond donors (Lipinski definition) is 1. The molecule has 0 atom stereocenters. The van der Waals surface area contributed by atoms with Crippen LogP contribution in [0.15, 0.2) is 47.2 Å². The maximum absolute atomic E-state index is 10.8. The number of benzene rings is 2. The molecule has 3 nitrogen and oxygen atoms in total. The van der Waals surface area contributed by atoms with Crippen molar-refractivity contribution in [2.45, 2.75) is 46.6 Å². The summed E-state index contributed by atoms with van der Waals surface area (Å²) in [5, 5.41) is 13.2. The molecule has 4 heteroatoms. The third-order valence-electron chi connectivity index (χ3n) is 5.26. The first-order valence-electron chi connectivity index (χ1n) is 9.57. The van der Waals surface area contributed by atoms with Crippen molar-refractivity contribution in [2.75, 3.05) is 0 Å². The minimum Gasteiger partial charge on any atom is -0.489 e. The van der Waals surface area contributed by atoms with Crippen molar-refractivity contribution in [3.63, 3.8) is 0 Å². The van der Waals surface area contributed by atoms with E-state index in [0.717, 1.165) is 28.9 Å². The summed E-state index contributed by atoms with van der Waals surface area (Å²) >= 11 is 1.69. The highest BCUT2D eigenvalue weighted by Gasteiger charge is 2.11. The first-order chi connectivity index (χ1) is 13.5. The van der Waals surface area contributed by atoms with E-state index in [1.54, 1.807) is 11.3 Å². The van der Waals surface area contributed by atoms with E-state index in [0.29, 0.717) is 13.0 Å². The van der Waals surface area contributed by atoms with Gasteiger partial charge in [-0.15, -0.1) is 0 Å². The Labute approximate surface area is 170 Å². The van der Waals surface area contributed by atoms with Gasteiger partial charge < -0.3 is 9.84 Å². The van der Waals surface area contributed by atoms with E-state index >= 15 is 0 Å². The lowest BCUT2D eigenvalue weighted by Crippen LogP contribution is -2.03. The predicted octanol–water partition coefficient (Wildman–Crippen LogP) is 6.19. The Bertz CT molecular complexity index is 954. The van der Waals surface area contributed by atoms with Gasteiger partial charge in [0.25, 0.3) is 0 Å². The molecule has 0 fully saturated rings. The number of carboxylic acid groups (broad SMARTS) is 1. The number of ether oxygens (including phenoxy) is 1. The average molecular weight is 395 g/mol. The molecule has 3 rings (SSSR count). The minimum absolute atomic E-state index is 0.148. The maximum Gasteiger partial charge on any atom is 0.303 e. The zero-order valence-corrected chi connectivity index (χ0v) is 17.4. The summed E-state index contributed by atoms with van der Waals surface area (Å²) in [5.41, 5.74) is 8.21. The lowest BCUT2D eigenvalue weighted by molar-refractivity contribution is -0.136. The topological polar surface area (TPSA) is 46.5 Å². The Morgan fingerprint density at radius 2 is 1.75 bits per heavy atom. The SMILES string of the molecule is CCc1ccc(-c2cscc2COc2ccc(CCC(=O)O)c(C)c2C)cc1. The van der Waals surface area contributed by atoms with Gasteiger partial charge in [0.05, 0.1) is 0 Å². The van der Waals surface area contributed by atoms with Crippen molar-refractivity contribution in [1.29, 1.82) is 0 Å². The summed E-state index contributed by atoms with van der Waals surface area (Å²) in [6.45, 7) is 6.75. The number of hydrogen-bond acceptors (Lipinski definition) is 3. The molecular weight excluding hydrogens is 368 g/mol. The smallest absolute Gasteiger partial charge is 0.303 e. The van der Waals surface area contributed by atoms with Crippen LogP contribution in [-0.4, -0.2) is 11.1 Å². The van der Waals surface area contributed by atoms with E-state index in [1.165, 1.54) is 22.3 Å². The van der Waals surface area contributed by atoms with Crippen LogP contribution in [0.3, 0.4) is 0 Å². The van der Waals surface area contributed by atoms with Crippen molar-refractivity contribution in [2.24, 2.45) is 0 Å². The van der Waals surface area contributed by atoms with Crippen LogP contribution in [0.2, 0.25) is 0 Å². The van der Waals surface area contributed by atoms with E-state index in [-0.39, 0.29) is 6.42 Å². The van der Waals surface area contributed by atoms with Gasteiger partial charge in [-0.05, 0) is 76.9 Å². The van der Waals surface area contributed by atoms with Crippen LogP contribution in [-0.2, 0) is 24.2 Å². The van der Waals surface area contributed by atoms with Crippen molar-refractivity contribution in [3.8, 4) is 16.9 Å². The molecule has 0 unspecified atom stereocenters. The molecule has 28 heavy (non-hydrogen) atoms. The molecule has 0 aliphatic rings. The number of carboxylic acids is 1. The highest BCUT2D eigenvalue weighted by atomic mass is 32.1. The van der Waals surface area contributed by atoms with E-state index < -0.39 is 5.97 Å². The fourth-order valence-corrected chi connectivity index (χ4v) is 4.14.